The zero-order valence-corrected chi connectivity index (χ0v) is 19.6. The molecule has 0 saturated heterocycles. The lowest BCUT2D eigenvalue weighted by atomic mass is 10.1. The maximum Gasteiger partial charge on any atom is 0.321 e. The van der Waals surface area contributed by atoms with Crippen LogP contribution in [0.4, 0.5) is 0 Å². The number of carboxylic acids is 1. The minimum atomic E-state index is -3.98. The van der Waals surface area contributed by atoms with Crippen molar-refractivity contribution >= 4 is 27.6 Å². The van der Waals surface area contributed by atoms with Crippen molar-refractivity contribution in [2.45, 2.75) is 70.5 Å². The molecule has 1 heterocycles. The molecule has 0 aliphatic carbocycles. The van der Waals surface area contributed by atoms with Gasteiger partial charge in [-0.1, -0.05) is 50.9 Å². The molecule has 2 rings (SSSR count). The van der Waals surface area contributed by atoms with Crippen LogP contribution in [-0.4, -0.2) is 40.2 Å². The molecule has 0 radical (unpaired) electrons. The lowest BCUT2D eigenvalue weighted by Crippen LogP contribution is -2.41. The van der Waals surface area contributed by atoms with Gasteiger partial charge in [0.2, 0.25) is 10.0 Å². The summed E-state index contributed by atoms with van der Waals surface area (Å²) in [6.45, 7) is 5.87. The summed E-state index contributed by atoms with van der Waals surface area (Å²) in [5.41, 5.74) is 1.32. The van der Waals surface area contributed by atoms with E-state index in [1.807, 2.05) is 18.4 Å². The number of hydrogen-bond acceptors (Lipinski definition) is 5. The number of hydrogen-bond donors (Lipinski definition) is 3. The monoisotopic (exact) mass is 471 g/mol. The average Bonchev–Trinajstić information content (AvgIpc) is 2.99. The summed E-state index contributed by atoms with van der Waals surface area (Å²) in [6, 6.07) is 5.01. The molecule has 2 aromatic rings. The molecule has 8 nitrogen and oxygen atoms in total. The SMILES string of the molecule is CCCCc1nc(Cl)c(CO)n1Cc1ccc(S(=O)(=O)N[C@H](CC(C)C)C(=O)O)cc1. The molecule has 0 aliphatic heterocycles. The maximum absolute atomic E-state index is 12.6. The van der Waals surface area contributed by atoms with Gasteiger partial charge in [0.05, 0.1) is 17.2 Å². The van der Waals surface area contributed by atoms with E-state index in [1.165, 1.54) is 12.1 Å². The van der Waals surface area contributed by atoms with Gasteiger partial charge in [-0.25, -0.2) is 13.4 Å². The number of aliphatic hydroxyl groups excluding tert-OH is 1. The van der Waals surface area contributed by atoms with Gasteiger partial charge in [0.15, 0.2) is 5.15 Å². The van der Waals surface area contributed by atoms with Gasteiger partial charge in [-0.15, -0.1) is 0 Å². The van der Waals surface area contributed by atoms with Crippen LogP contribution in [0.3, 0.4) is 0 Å². The van der Waals surface area contributed by atoms with Crippen molar-refractivity contribution in [1.29, 1.82) is 0 Å². The minimum Gasteiger partial charge on any atom is -0.480 e. The van der Waals surface area contributed by atoms with Crippen molar-refractivity contribution < 1.29 is 23.4 Å². The Bertz CT molecular complexity index is 987. The summed E-state index contributed by atoms with van der Waals surface area (Å²) in [5, 5.41) is 19.3. The first kappa shape index (κ1) is 25.3. The summed E-state index contributed by atoms with van der Waals surface area (Å²) >= 11 is 6.16. The Kier molecular flexibility index (Phi) is 9.05. The van der Waals surface area contributed by atoms with E-state index in [0.29, 0.717) is 12.2 Å². The number of nitrogens with one attached hydrogen (secondary N) is 1. The number of aryl methyl sites for hydroxylation is 1. The number of carbonyl (C=O) groups is 1. The highest BCUT2D eigenvalue weighted by molar-refractivity contribution is 7.89. The van der Waals surface area contributed by atoms with Crippen LogP contribution >= 0.6 is 11.6 Å². The van der Waals surface area contributed by atoms with Gasteiger partial charge in [0.25, 0.3) is 0 Å². The number of aliphatic carboxylic acids is 1. The first-order chi connectivity index (χ1) is 14.6. The first-order valence-corrected chi connectivity index (χ1v) is 12.1. The lowest BCUT2D eigenvalue weighted by Gasteiger charge is -2.17. The molecule has 1 aromatic heterocycles. The summed E-state index contributed by atoms with van der Waals surface area (Å²) in [4.78, 5) is 15.7. The fourth-order valence-corrected chi connectivity index (χ4v) is 4.71. The normalized spacial score (nSPS) is 13.0. The topological polar surface area (TPSA) is 122 Å². The molecule has 3 N–H and O–H groups in total. The summed E-state index contributed by atoms with van der Waals surface area (Å²) < 4.78 is 29.4. The highest BCUT2D eigenvalue weighted by Crippen LogP contribution is 2.21. The second-order valence-corrected chi connectivity index (χ2v) is 9.97. The van der Waals surface area contributed by atoms with Crippen molar-refractivity contribution in [3.63, 3.8) is 0 Å². The standard InChI is InChI=1S/C21H30ClN3O5S/c1-4-5-6-19-23-20(22)18(13-26)25(19)12-15-7-9-16(10-8-15)31(29,30)24-17(21(27)28)11-14(2)3/h7-10,14,17,24,26H,4-6,11-13H2,1-3H3,(H,27,28)/t17-/m1/s1. The number of unbranched alkanes of at least 4 members (excludes halogenated alkanes) is 1. The van der Waals surface area contributed by atoms with Gasteiger partial charge in [-0.3, -0.25) is 4.79 Å². The molecular formula is C21H30ClN3O5S. The van der Waals surface area contributed by atoms with Crippen LogP contribution in [0.5, 0.6) is 0 Å². The number of sulfonamides is 1. The number of benzene rings is 1. The van der Waals surface area contributed by atoms with E-state index in [-0.39, 0.29) is 29.0 Å². The molecule has 0 aliphatic rings. The zero-order valence-electron chi connectivity index (χ0n) is 18.0. The van der Waals surface area contributed by atoms with Crippen molar-refractivity contribution in [3.8, 4) is 0 Å². The van der Waals surface area contributed by atoms with Crippen LogP contribution in [0.1, 0.15) is 57.1 Å². The predicted octanol–water partition coefficient (Wildman–Crippen LogP) is 3.20. The van der Waals surface area contributed by atoms with E-state index in [0.717, 1.165) is 30.7 Å². The van der Waals surface area contributed by atoms with Gasteiger partial charge in [0, 0.05) is 13.0 Å². The van der Waals surface area contributed by atoms with E-state index in [4.69, 9.17) is 11.6 Å². The smallest absolute Gasteiger partial charge is 0.321 e. The Hall–Kier alpha value is -1.94. The maximum atomic E-state index is 12.6. The third-order valence-electron chi connectivity index (χ3n) is 4.88. The van der Waals surface area contributed by atoms with E-state index in [1.54, 1.807) is 12.1 Å². The molecular weight excluding hydrogens is 442 g/mol. The van der Waals surface area contributed by atoms with Gasteiger partial charge in [0.1, 0.15) is 11.9 Å². The third kappa shape index (κ3) is 6.77. The van der Waals surface area contributed by atoms with E-state index in [2.05, 4.69) is 16.6 Å². The minimum absolute atomic E-state index is 0.0106. The molecule has 0 saturated carbocycles. The highest BCUT2D eigenvalue weighted by Gasteiger charge is 2.26. The van der Waals surface area contributed by atoms with Crippen LogP contribution in [0.15, 0.2) is 29.2 Å². The molecule has 0 unspecified atom stereocenters. The quantitative estimate of drug-likeness (QED) is 0.437. The third-order valence-corrected chi connectivity index (χ3v) is 6.67. The van der Waals surface area contributed by atoms with E-state index < -0.39 is 22.0 Å². The van der Waals surface area contributed by atoms with E-state index >= 15 is 0 Å². The number of imidazole rings is 1. The van der Waals surface area contributed by atoms with Crippen LogP contribution < -0.4 is 4.72 Å². The second-order valence-electron chi connectivity index (χ2n) is 7.90. The van der Waals surface area contributed by atoms with Crippen LogP contribution in [0, 0.1) is 5.92 Å². The molecule has 1 aromatic carbocycles. The average molecular weight is 472 g/mol. The Morgan fingerprint density at radius 1 is 1.26 bits per heavy atom. The highest BCUT2D eigenvalue weighted by atomic mass is 35.5. The molecule has 0 fully saturated rings. The van der Waals surface area contributed by atoms with Crippen LogP contribution in [0.25, 0.3) is 0 Å². The number of carboxylic acid groups (broad SMARTS) is 1. The van der Waals surface area contributed by atoms with Crippen LogP contribution in [-0.2, 0) is 34.4 Å². The van der Waals surface area contributed by atoms with Crippen molar-refractivity contribution in [3.05, 3.63) is 46.5 Å². The number of halogens is 1. The molecule has 31 heavy (non-hydrogen) atoms. The molecule has 172 valence electrons. The largest absolute Gasteiger partial charge is 0.480 e. The summed E-state index contributed by atoms with van der Waals surface area (Å²) in [6.07, 6.45) is 2.84. The molecule has 1 atom stereocenters. The van der Waals surface area contributed by atoms with Gasteiger partial charge < -0.3 is 14.8 Å². The predicted molar refractivity (Wildman–Crippen MR) is 119 cm³/mol. The Labute approximate surface area is 188 Å². The Morgan fingerprint density at radius 3 is 2.42 bits per heavy atom. The van der Waals surface area contributed by atoms with Crippen molar-refractivity contribution in [2.75, 3.05) is 0 Å². The van der Waals surface area contributed by atoms with Gasteiger partial charge in [-0.2, -0.15) is 4.72 Å². The molecule has 10 heteroatoms. The summed E-state index contributed by atoms with van der Waals surface area (Å²) in [7, 11) is -3.98. The van der Waals surface area contributed by atoms with Crippen molar-refractivity contribution in [2.24, 2.45) is 5.92 Å². The molecule has 0 spiro atoms. The van der Waals surface area contributed by atoms with Gasteiger partial charge in [-0.05, 0) is 36.5 Å². The zero-order chi connectivity index (χ0) is 23.2. The van der Waals surface area contributed by atoms with Crippen LogP contribution in [0.2, 0.25) is 5.15 Å². The van der Waals surface area contributed by atoms with Gasteiger partial charge >= 0.3 is 5.97 Å². The first-order valence-electron chi connectivity index (χ1n) is 10.3. The number of aliphatic hydroxyl groups is 1. The van der Waals surface area contributed by atoms with E-state index in [9.17, 15) is 23.4 Å². The molecule has 0 bridgehead atoms. The lowest BCUT2D eigenvalue weighted by molar-refractivity contribution is -0.139. The number of rotatable bonds is 12. The molecule has 0 amide bonds. The Balaban J connectivity index is 2.23. The number of aromatic nitrogens is 2. The fraction of sp³-hybridized carbons (Fsp3) is 0.524. The number of nitrogens with zero attached hydrogens (tertiary/aromatic N) is 2. The fourth-order valence-electron chi connectivity index (χ4n) is 3.25. The summed E-state index contributed by atoms with van der Waals surface area (Å²) in [5.74, 6) is -0.412. The second kappa shape index (κ2) is 11.1. The van der Waals surface area contributed by atoms with Crippen molar-refractivity contribution in [1.82, 2.24) is 14.3 Å². The Morgan fingerprint density at radius 2 is 1.90 bits per heavy atom.